The summed E-state index contributed by atoms with van der Waals surface area (Å²) in [5.74, 6) is 1.09. The van der Waals surface area contributed by atoms with E-state index in [4.69, 9.17) is 4.99 Å². The second kappa shape index (κ2) is 5.88. The van der Waals surface area contributed by atoms with Gasteiger partial charge in [-0.05, 0) is 49.9 Å². The summed E-state index contributed by atoms with van der Waals surface area (Å²) in [6, 6.07) is 4.33. The number of aliphatic imine (C=N–C) groups is 1. The standard InChI is InChI=1S/C15H21BrN2S/c1-5-15(6-2)9-19-14(18-15)17-12-7-10(3)13(16)11(4)8-12/h7-8H,5-6,9H2,1-4H3,(H,17,18). The summed E-state index contributed by atoms with van der Waals surface area (Å²) in [4.78, 5) is 4.89. The largest absolute Gasteiger partial charge is 0.335 e. The number of hydrogen-bond donors (Lipinski definition) is 1. The van der Waals surface area contributed by atoms with Gasteiger partial charge < -0.3 is 5.32 Å². The maximum atomic E-state index is 4.89. The molecule has 1 heterocycles. The molecule has 1 aromatic rings. The van der Waals surface area contributed by atoms with Gasteiger partial charge in [-0.15, -0.1) is 0 Å². The van der Waals surface area contributed by atoms with Gasteiger partial charge in [0.1, 0.15) is 0 Å². The molecule has 0 aromatic heterocycles. The number of halogens is 1. The van der Waals surface area contributed by atoms with Crippen LogP contribution in [0.25, 0.3) is 0 Å². The van der Waals surface area contributed by atoms with Crippen molar-refractivity contribution in [2.45, 2.75) is 46.1 Å². The Hall–Kier alpha value is -0.480. The Labute approximate surface area is 128 Å². The molecule has 1 aliphatic heterocycles. The van der Waals surface area contributed by atoms with E-state index in [0.29, 0.717) is 0 Å². The molecule has 1 aromatic carbocycles. The number of nitrogens with one attached hydrogen (secondary N) is 1. The van der Waals surface area contributed by atoms with Crippen molar-refractivity contribution in [1.82, 2.24) is 0 Å². The van der Waals surface area contributed by atoms with E-state index in [-0.39, 0.29) is 5.54 Å². The van der Waals surface area contributed by atoms with Crippen LogP contribution in [-0.4, -0.2) is 16.5 Å². The van der Waals surface area contributed by atoms with Crippen molar-refractivity contribution in [2.24, 2.45) is 4.99 Å². The Morgan fingerprint density at radius 1 is 1.26 bits per heavy atom. The molecule has 0 amide bonds. The molecule has 0 radical (unpaired) electrons. The first-order chi connectivity index (χ1) is 8.99. The van der Waals surface area contributed by atoms with Gasteiger partial charge in [0.05, 0.1) is 5.54 Å². The summed E-state index contributed by atoms with van der Waals surface area (Å²) in [6.45, 7) is 8.69. The van der Waals surface area contributed by atoms with Crippen LogP contribution >= 0.6 is 27.7 Å². The van der Waals surface area contributed by atoms with Gasteiger partial charge in [-0.25, -0.2) is 0 Å². The smallest absolute Gasteiger partial charge is 0.161 e. The molecule has 0 fully saturated rings. The minimum atomic E-state index is 0.145. The third kappa shape index (κ3) is 3.16. The van der Waals surface area contributed by atoms with Gasteiger partial charge in [0.2, 0.25) is 0 Å². The Morgan fingerprint density at radius 3 is 2.32 bits per heavy atom. The summed E-state index contributed by atoms with van der Waals surface area (Å²) in [7, 11) is 0. The number of rotatable bonds is 3. The highest BCUT2D eigenvalue weighted by molar-refractivity contribution is 9.10. The minimum Gasteiger partial charge on any atom is -0.335 e. The van der Waals surface area contributed by atoms with Gasteiger partial charge in [-0.1, -0.05) is 41.5 Å². The van der Waals surface area contributed by atoms with Gasteiger partial charge in [-0.2, -0.15) is 0 Å². The second-order valence-corrected chi connectivity index (χ2v) is 6.94. The number of nitrogens with zero attached hydrogens (tertiary/aromatic N) is 1. The van der Waals surface area contributed by atoms with Crippen LogP contribution in [0.15, 0.2) is 21.6 Å². The zero-order chi connectivity index (χ0) is 14.0. The van der Waals surface area contributed by atoms with E-state index >= 15 is 0 Å². The Morgan fingerprint density at radius 2 is 1.84 bits per heavy atom. The fourth-order valence-corrected chi connectivity index (χ4v) is 3.86. The predicted octanol–water partition coefficient (Wildman–Crippen LogP) is 5.14. The molecule has 1 N–H and O–H groups in total. The number of anilines is 1. The first kappa shape index (κ1) is 14.9. The normalized spacial score (nSPS) is 17.4. The van der Waals surface area contributed by atoms with Crippen molar-refractivity contribution in [2.75, 3.05) is 11.1 Å². The average molecular weight is 341 g/mol. The first-order valence-electron chi connectivity index (χ1n) is 6.76. The average Bonchev–Trinajstić information content (AvgIpc) is 2.80. The summed E-state index contributed by atoms with van der Waals surface area (Å²) in [5, 5.41) is 4.53. The van der Waals surface area contributed by atoms with Gasteiger partial charge >= 0.3 is 0 Å². The SMILES string of the molecule is CCC1(CC)CSC(Nc2cc(C)c(Br)c(C)c2)=N1. The fraction of sp³-hybridized carbons (Fsp3) is 0.533. The van der Waals surface area contributed by atoms with Gasteiger partial charge in [0.15, 0.2) is 5.17 Å². The predicted molar refractivity (Wildman–Crippen MR) is 90.4 cm³/mol. The molecule has 104 valence electrons. The highest BCUT2D eigenvalue weighted by Gasteiger charge is 2.32. The fourth-order valence-electron chi connectivity index (χ4n) is 2.30. The number of benzene rings is 1. The highest BCUT2D eigenvalue weighted by atomic mass is 79.9. The molecule has 0 bridgehead atoms. The van der Waals surface area contributed by atoms with Crippen LogP contribution in [0.1, 0.15) is 37.8 Å². The third-order valence-electron chi connectivity index (χ3n) is 3.82. The summed E-state index contributed by atoms with van der Waals surface area (Å²) >= 11 is 5.44. The molecule has 2 nitrogen and oxygen atoms in total. The summed E-state index contributed by atoms with van der Waals surface area (Å²) in [6.07, 6.45) is 2.22. The maximum Gasteiger partial charge on any atom is 0.161 e. The molecule has 4 heteroatoms. The monoisotopic (exact) mass is 340 g/mol. The summed E-state index contributed by atoms with van der Waals surface area (Å²) in [5.41, 5.74) is 3.78. The van der Waals surface area contributed by atoms with Gasteiger partial charge in [-0.3, -0.25) is 4.99 Å². The van der Waals surface area contributed by atoms with Crippen LogP contribution in [-0.2, 0) is 0 Å². The van der Waals surface area contributed by atoms with Crippen LogP contribution < -0.4 is 5.32 Å². The van der Waals surface area contributed by atoms with E-state index in [1.807, 2.05) is 11.8 Å². The van der Waals surface area contributed by atoms with Crippen molar-refractivity contribution in [3.63, 3.8) is 0 Å². The number of thioether (sulfide) groups is 1. The second-order valence-electron chi connectivity index (χ2n) is 5.19. The van der Waals surface area contributed by atoms with Gasteiger partial charge in [0, 0.05) is 15.9 Å². The Kier molecular flexibility index (Phi) is 4.62. The van der Waals surface area contributed by atoms with Crippen LogP contribution in [0.3, 0.4) is 0 Å². The topological polar surface area (TPSA) is 24.4 Å². The van der Waals surface area contributed by atoms with Crippen molar-refractivity contribution >= 4 is 38.5 Å². The Balaban J connectivity index is 2.19. The maximum absolute atomic E-state index is 4.89. The molecule has 0 saturated heterocycles. The molecule has 19 heavy (non-hydrogen) atoms. The van der Waals surface area contributed by atoms with Crippen LogP contribution in [0.5, 0.6) is 0 Å². The van der Waals surface area contributed by atoms with E-state index in [2.05, 4.69) is 61.1 Å². The molecule has 1 aliphatic rings. The van der Waals surface area contributed by atoms with E-state index in [9.17, 15) is 0 Å². The zero-order valence-corrected chi connectivity index (χ0v) is 14.4. The molecular formula is C15H21BrN2S. The highest BCUT2D eigenvalue weighted by Crippen LogP contribution is 2.34. The number of aryl methyl sites for hydroxylation is 2. The van der Waals surface area contributed by atoms with E-state index in [1.54, 1.807) is 0 Å². The zero-order valence-electron chi connectivity index (χ0n) is 12.0. The van der Waals surface area contributed by atoms with E-state index < -0.39 is 0 Å². The van der Waals surface area contributed by atoms with Crippen molar-refractivity contribution in [3.05, 3.63) is 27.7 Å². The van der Waals surface area contributed by atoms with Crippen molar-refractivity contribution in [1.29, 1.82) is 0 Å². The van der Waals surface area contributed by atoms with E-state index in [0.717, 1.165) is 29.4 Å². The van der Waals surface area contributed by atoms with Crippen LogP contribution in [0.4, 0.5) is 5.69 Å². The number of amidine groups is 1. The van der Waals surface area contributed by atoms with Crippen molar-refractivity contribution < 1.29 is 0 Å². The molecule has 0 saturated carbocycles. The van der Waals surface area contributed by atoms with Crippen LogP contribution in [0, 0.1) is 13.8 Å². The summed E-state index contributed by atoms with van der Waals surface area (Å²) < 4.78 is 1.19. The lowest BCUT2D eigenvalue weighted by Crippen LogP contribution is -2.24. The Bertz CT molecular complexity index is 484. The lowest BCUT2D eigenvalue weighted by atomic mass is 9.97. The molecule has 2 rings (SSSR count). The molecular weight excluding hydrogens is 320 g/mol. The molecule has 0 unspecified atom stereocenters. The quantitative estimate of drug-likeness (QED) is 0.823. The molecule has 0 atom stereocenters. The molecule has 0 aliphatic carbocycles. The third-order valence-corrected chi connectivity index (χ3v) is 6.22. The van der Waals surface area contributed by atoms with Gasteiger partial charge in [0.25, 0.3) is 0 Å². The number of hydrogen-bond acceptors (Lipinski definition) is 3. The van der Waals surface area contributed by atoms with Crippen molar-refractivity contribution in [3.8, 4) is 0 Å². The minimum absolute atomic E-state index is 0.145. The van der Waals surface area contributed by atoms with E-state index in [1.165, 1.54) is 15.6 Å². The van der Waals surface area contributed by atoms with Crippen LogP contribution in [0.2, 0.25) is 0 Å². The lowest BCUT2D eigenvalue weighted by molar-refractivity contribution is 0.456. The first-order valence-corrected chi connectivity index (χ1v) is 8.54. The molecule has 0 spiro atoms. The lowest BCUT2D eigenvalue weighted by Gasteiger charge is -2.20.